The molecule has 0 unspecified atom stereocenters. The van der Waals surface area contributed by atoms with Gasteiger partial charge in [0.2, 0.25) is 0 Å². The van der Waals surface area contributed by atoms with E-state index < -0.39 is 0 Å². The van der Waals surface area contributed by atoms with Crippen LogP contribution in [0, 0.1) is 0 Å². The lowest BCUT2D eigenvalue weighted by atomic mass is 10.2. The van der Waals surface area contributed by atoms with Crippen molar-refractivity contribution in [2.24, 2.45) is 0 Å². The van der Waals surface area contributed by atoms with Gasteiger partial charge in [-0.15, -0.1) is 0 Å². The van der Waals surface area contributed by atoms with Gasteiger partial charge in [0.25, 0.3) is 0 Å². The number of halogens is 1. The van der Waals surface area contributed by atoms with Crippen LogP contribution in [-0.2, 0) is 11.3 Å². The second-order valence-electron chi connectivity index (χ2n) is 3.25. The van der Waals surface area contributed by atoms with E-state index in [9.17, 15) is 0 Å². The summed E-state index contributed by atoms with van der Waals surface area (Å²) in [4.78, 5) is 0. The number of hydrogen-bond donors (Lipinski definition) is 1. The van der Waals surface area contributed by atoms with Gasteiger partial charge in [-0.1, -0.05) is 23.7 Å². The zero-order valence-electron chi connectivity index (χ0n) is 7.29. The molecule has 1 aromatic rings. The summed E-state index contributed by atoms with van der Waals surface area (Å²) in [5.41, 5.74) is 1.22. The summed E-state index contributed by atoms with van der Waals surface area (Å²) in [5, 5.41) is 4.17. The third kappa shape index (κ3) is 2.44. The molecule has 70 valence electrons. The summed E-state index contributed by atoms with van der Waals surface area (Å²) >= 11 is 5.86. The number of ether oxygens (including phenoxy) is 1. The van der Waals surface area contributed by atoms with Gasteiger partial charge in [0, 0.05) is 11.6 Å². The molecule has 3 heteroatoms. The molecule has 1 N–H and O–H groups in total. The van der Waals surface area contributed by atoms with Crippen molar-refractivity contribution >= 4 is 11.6 Å². The van der Waals surface area contributed by atoms with Crippen molar-refractivity contribution in [2.75, 3.05) is 13.2 Å². The average molecular weight is 198 g/mol. The van der Waals surface area contributed by atoms with Crippen molar-refractivity contribution < 1.29 is 4.74 Å². The van der Waals surface area contributed by atoms with Crippen molar-refractivity contribution in [1.82, 2.24) is 5.32 Å². The van der Waals surface area contributed by atoms with Gasteiger partial charge >= 0.3 is 0 Å². The monoisotopic (exact) mass is 197 g/mol. The molecule has 0 radical (unpaired) electrons. The first-order valence-electron chi connectivity index (χ1n) is 4.40. The molecule has 1 aliphatic heterocycles. The van der Waals surface area contributed by atoms with E-state index in [4.69, 9.17) is 16.3 Å². The van der Waals surface area contributed by atoms with Crippen LogP contribution in [0.1, 0.15) is 5.56 Å². The molecular weight excluding hydrogens is 186 g/mol. The molecule has 2 nitrogen and oxygen atoms in total. The predicted octanol–water partition coefficient (Wildman–Crippen LogP) is 1.83. The maximum absolute atomic E-state index is 5.86. The molecule has 0 aliphatic carbocycles. The van der Waals surface area contributed by atoms with Crippen molar-refractivity contribution in [3.05, 3.63) is 34.9 Å². The number of rotatable bonds is 3. The van der Waals surface area contributed by atoms with E-state index in [1.165, 1.54) is 5.56 Å². The standard InChI is InChI=1S/C10H12ClNO/c11-9-3-1-2-8(4-9)5-12-10-6-13-7-10/h1-4,10,12H,5-7H2. The highest BCUT2D eigenvalue weighted by Crippen LogP contribution is 2.11. The van der Waals surface area contributed by atoms with Crippen LogP contribution < -0.4 is 5.32 Å². The van der Waals surface area contributed by atoms with E-state index in [1.807, 2.05) is 18.2 Å². The first-order valence-corrected chi connectivity index (χ1v) is 4.78. The number of benzene rings is 1. The largest absolute Gasteiger partial charge is 0.378 e. The van der Waals surface area contributed by atoms with Crippen LogP contribution in [0.4, 0.5) is 0 Å². The molecule has 0 spiro atoms. The van der Waals surface area contributed by atoms with E-state index in [-0.39, 0.29) is 0 Å². The second kappa shape index (κ2) is 4.09. The van der Waals surface area contributed by atoms with Gasteiger partial charge in [-0.05, 0) is 17.7 Å². The fraction of sp³-hybridized carbons (Fsp3) is 0.400. The summed E-state index contributed by atoms with van der Waals surface area (Å²) in [7, 11) is 0. The molecule has 1 saturated heterocycles. The Morgan fingerprint density at radius 3 is 2.92 bits per heavy atom. The molecule has 0 atom stereocenters. The SMILES string of the molecule is Clc1cccc(CNC2COC2)c1. The van der Waals surface area contributed by atoms with Crippen LogP contribution in [-0.4, -0.2) is 19.3 Å². The minimum Gasteiger partial charge on any atom is -0.378 e. The Bertz CT molecular complexity index is 286. The van der Waals surface area contributed by atoms with Gasteiger partial charge in [-0.2, -0.15) is 0 Å². The minimum atomic E-state index is 0.527. The third-order valence-corrected chi connectivity index (χ3v) is 2.36. The first kappa shape index (κ1) is 9.00. The van der Waals surface area contributed by atoms with Crippen LogP contribution in [0.2, 0.25) is 5.02 Å². The van der Waals surface area contributed by atoms with Gasteiger partial charge in [-0.3, -0.25) is 0 Å². The summed E-state index contributed by atoms with van der Waals surface area (Å²) in [6.45, 7) is 2.54. The summed E-state index contributed by atoms with van der Waals surface area (Å²) in [6, 6.07) is 8.43. The highest BCUT2D eigenvalue weighted by Gasteiger charge is 2.16. The van der Waals surface area contributed by atoms with Crippen molar-refractivity contribution in [1.29, 1.82) is 0 Å². The molecular formula is C10H12ClNO. The van der Waals surface area contributed by atoms with Crippen LogP contribution in [0.15, 0.2) is 24.3 Å². The van der Waals surface area contributed by atoms with Crippen LogP contribution in [0.3, 0.4) is 0 Å². The number of nitrogens with one attached hydrogen (secondary N) is 1. The molecule has 1 fully saturated rings. The zero-order chi connectivity index (χ0) is 9.10. The molecule has 1 heterocycles. The van der Waals surface area contributed by atoms with Crippen LogP contribution in [0.5, 0.6) is 0 Å². The van der Waals surface area contributed by atoms with Gasteiger partial charge in [0.15, 0.2) is 0 Å². The topological polar surface area (TPSA) is 21.3 Å². The van der Waals surface area contributed by atoms with Crippen LogP contribution >= 0.6 is 11.6 Å². The highest BCUT2D eigenvalue weighted by atomic mass is 35.5. The fourth-order valence-corrected chi connectivity index (χ4v) is 1.48. The van der Waals surface area contributed by atoms with E-state index in [0.29, 0.717) is 6.04 Å². The van der Waals surface area contributed by atoms with E-state index in [2.05, 4.69) is 11.4 Å². The lowest BCUT2D eigenvalue weighted by molar-refractivity contribution is -0.00578. The quantitative estimate of drug-likeness (QED) is 0.799. The van der Waals surface area contributed by atoms with E-state index in [1.54, 1.807) is 0 Å². The predicted molar refractivity (Wildman–Crippen MR) is 52.9 cm³/mol. The summed E-state index contributed by atoms with van der Waals surface area (Å²) in [5.74, 6) is 0. The van der Waals surface area contributed by atoms with Crippen molar-refractivity contribution in [3.8, 4) is 0 Å². The number of hydrogen-bond acceptors (Lipinski definition) is 2. The Morgan fingerprint density at radius 1 is 1.46 bits per heavy atom. The maximum atomic E-state index is 5.86. The Labute approximate surface area is 82.9 Å². The Hall–Kier alpha value is -0.570. The summed E-state index contributed by atoms with van der Waals surface area (Å²) in [6.07, 6.45) is 0. The Kier molecular flexibility index (Phi) is 2.83. The molecule has 2 rings (SSSR count). The van der Waals surface area contributed by atoms with Gasteiger partial charge in [0.1, 0.15) is 0 Å². The minimum absolute atomic E-state index is 0.527. The normalized spacial score (nSPS) is 17.0. The van der Waals surface area contributed by atoms with Crippen LogP contribution in [0.25, 0.3) is 0 Å². The Morgan fingerprint density at radius 2 is 2.31 bits per heavy atom. The van der Waals surface area contributed by atoms with E-state index in [0.717, 1.165) is 24.8 Å². The van der Waals surface area contributed by atoms with Gasteiger partial charge in [0.05, 0.1) is 19.3 Å². The van der Waals surface area contributed by atoms with Crippen molar-refractivity contribution in [3.63, 3.8) is 0 Å². The molecule has 1 aliphatic rings. The molecule has 1 aromatic carbocycles. The van der Waals surface area contributed by atoms with Crippen molar-refractivity contribution in [2.45, 2.75) is 12.6 Å². The first-order chi connectivity index (χ1) is 6.34. The second-order valence-corrected chi connectivity index (χ2v) is 3.68. The molecule has 0 saturated carbocycles. The smallest absolute Gasteiger partial charge is 0.0643 e. The van der Waals surface area contributed by atoms with Gasteiger partial charge < -0.3 is 10.1 Å². The highest BCUT2D eigenvalue weighted by molar-refractivity contribution is 6.30. The molecule has 13 heavy (non-hydrogen) atoms. The van der Waals surface area contributed by atoms with Gasteiger partial charge in [-0.25, -0.2) is 0 Å². The molecule has 0 aromatic heterocycles. The maximum Gasteiger partial charge on any atom is 0.0643 e. The zero-order valence-corrected chi connectivity index (χ0v) is 8.05. The Balaban J connectivity index is 1.86. The average Bonchev–Trinajstić information content (AvgIpc) is 2.01. The fourth-order valence-electron chi connectivity index (χ4n) is 1.26. The molecule has 0 amide bonds. The lowest BCUT2D eigenvalue weighted by Gasteiger charge is -2.27. The third-order valence-electron chi connectivity index (χ3n) is 2.12. The lowest BCUT2D eigenvalue weighted by Crippen LogP contribution is -2.45. The molecule has 0 bridgehead atoms. The van der Waals surface area contributed by atoms with E-state index >= 15 is 0 Å². The summed E-state index contributed by atoms with van der Waals surface area (Å²) < 4.78 is 5.06.